The van der Waals surface area contributed by atoms with Crippen LogP contribution in [0.15, 0.2) is 18.2 Å². The molecule has 2 rings (SSSR count). The van der Waals surface area contributed by atoms with E-state index in [1.165, 1.54) is 24.8 Å². The molecule has 0 amide bonds. The van der Waals surface area contributed by atoms with Crippen LogP contribution in [0, 0.1) is 5.92 Å². The van der Waals surface area contributed by atoms with Crippen molar-refractivity contribution in [2.45, 2.75) is 31.6 Å². The molecule has 106 valence electrons. The number of hydrogen-bond donors (Lipinski definition) is 1. The maximum atomic E-state index is 5.45. The van der Waals surface area contributed by atoms with Gasteiger partial charge in [-0.3, -0.25) is 0 Å². The average molecular weight is 263 g/mol. The quantitative estimate of drug-likeness (QED) is 0.886. The molecule has 1 N–H and O–H groups in total. The van der Waals surface area contributed by atoms with E-state index in [-0.39, 0.29) is 5.41 Å². The van der Waals surface area contributed by atoms with Gasteiger partial charge in [-0.2, -0.15) is 0 Å². The number of benzene rings is 1. The molecule has 0 heterocycles. The van der Waals surface area contributed by atoms with E-state index in [1.54, 1.807) is 14.2 Å². The molecule has 0 radical (unpaired) electrons. The largest absolute Gasteiger partial charge is 0.493 e. The van der Waals surface area contributed by atoms with Crippen LogP contribution in [0.1, 0.15) is 31.7 Å². The van der Waals surface area contributed by atoms with Gasteiger partial charge in [0.15, 0.2) is 11.5 Å². The van der Waals surface area contributed by atoms with Crippen LogP contribution in [-0.4, -0.2) is 27.8 Å². The molecule has 0 bridgehead atoms. The molecule has 0 spiro atoms. The maximum Gasteiger partial charge on any atom is 0.161 e. The van der Waals surface area contributed by atoms with Gasteiger partial charge in [-0.15, -0.1) is 0 Å². The van der Waals surface area contributed by atoms with Crippen molar-refractivity contribution in [3.8, 4) is 11.5 Å². The van der Waals surface area contributed by atoms with Gasteiger partial charge < -0.3 is 14.8 Å². The second-order valence-electron chi connectivity index (χ2n) is 5.55. The summed E-state index contributed by atoms with van der Waals surface area (Å²) in [7, 11) is 5.41. The van der Waals surface area contributed by atoms with E-state index in [4.69, 9.17) is 9.47 Å². The molecule has 2 unspecified atom stereocenters. The molecule has 1 aromatic rings. The van der Waals surface area contributed by atoms with Crippen LogP contribution in [-0.2, 0) is 5.41 Å². The first kappa shape index (κ1) is 14.2. The number of hydrogen-bond acceptors (Lipinski definition) is 3. The van der Waals surface area contributed by atoms with Crippen molar-refractivity contribution in [3.05, 3.63) is 23.8 Å². The number of rotatable bonds is 5. The molecular weight excluding hydrogens is 238 g/mol. The van der Waals surface area contributed by atoms with Crippen LogP contribution >= 0.6 is 0 Å². The Bertz CT molecular complexity index is 433. The van der Waals surface area contributed by atoms with Crippen molar-refractivity contribution < 1.29 is 9.47 Å². The normalized spacial score (nSPS) is 26.4. The van der Waals surface area contributed by atoms with Crippen LogP contribution in [0.25, 0.3) is 0 Å². The molecule has 3 heteroatoms. The third kappa shape index (κ3) is 2.44. The van der Waals surface area contributed by atoms with Crippen LogP contribution in [0.5, 0.6) is 11.5 Å². The second-order valence-corrected chi connectivity index (χ2v) is 5.55. The fourth-order valence-corrected chi connectivity index (χ4v) is 3.50. The molecule has 0 aromatic heterocycles. The van der Waals surface area contributed by atoms with Crippen molar-refractivity contribution in [2.75, 3.05) is 27.8 Å². The highest BCUT2D eigenvalue weighted by atomic mass is 16.5. The Kier molecular flexibility index (Phi) is 4.35. The van der Waals surface area contributed by atoms with E-state index in [9.17, 15) is 0 Å². The first-order valence-corrected chi connectivity index (χ1v) is 7.05. The zero-order valence-corrected chi connectivity index (χ0v) is 12.5. The molecule has 1 saturated carbocycles. The van der Waals surface area contributed by atoms with E-state index >= 15 is 0 Å². The first-order chi connectivity index (χ1) is 9.17. The minimum absolute atomic E-state index is 0.230. The fourth-order valence-electron chi connectivity index (χ4n) is 3.50. The molecule has 1 aliphatic carbocycles. The zero-order chi connectivity index (χ0) is 13.9. The standard InChI is InChI=1S/C16H25NO2/c1-12-6-5-9-16(12,11-17-2)13-7-8-14(18-3)15(10-13)19-4/h7-8,10,12,17H,5-6,9,11H2,1-4H3. The third-order valence-electron chi connectivity index (χ3n) is 4.65. The van der Waals surface area contributed by atoms with Crippen molar-refractivity contribution in [1.82, 2.24) is 5.32 Å². The van der Waals surface area contributed by atoms with Crippen LogP contribution < -0.4 is 14.8 Å². The number of likely N-dealkylation sites (N-methyl/N-ethyl adjacent to an activating group) is 1. The number of methoxy groups -OCH3 is 2. The highest BCUT2D eigenvalue weighted by molar-refractivity contribution is 5.46. The third-order valence-corrected chi connectivity index (χ3v) is 4.65. The second kappa shape index (κ2) is 5.83. The topological polar surface area (TPSA) is 30.5 Å². The molecule has 0 aliphatic heterocycles. The van der Waals surface area contributed by atoms with E-state index in [0.717, 1.165) is 18.0 Å². The van der Waals surface area contributed by atoms with Crippen LogP contribution in [0.4, 0.5) is 0 Å². The molecule has 1 aromatic carbocycles. The SMILES string of the molecule is CNCC1(c2ccc(OC)c(OC)c2)CCCC1C. The van der Waals surface area contributed by atoms with Gasteiger partial charge in [0, 0.05) is 12.0 Å². The summed E-state index contributed by atoms with van der Waals surface area (Å²) in [6.45, 7) is 3.38. The molecular formula is C16H25NO2. The predicted molar refractivity (Wildman–Crippen MR) is 78.2 cm³/mol. The van der Waals surface area contributed by atoms with Gasteiger partial charge in [0.1, 0.15) is 0 Å². The molecule has 2 atom stereocenters. The van der Waals surface area contributed by atoms with Gasteiger partial charge >= 0.3 is 0 Å². The minimum Gasteiger partial charge on any atom is -0.493 e. The van der Waals surface area contributed by atoms with Crippen molar-refractivity contribution in [1.29, 1.82) is 0 Å². The van der Waals surface area contributed by atoms with Gasteiger partial charge in [-0.05, 0) is 43.5 Å². The van der Waals surface area contributed by atoms with E-state index in [1.807, 2.05) is 13.1 Å². The lowest BCUT2D eigenvalue weighted by molar-refractivity contribution is 0.319. The van der Waals surface area contributed by atoms with Gasteiger partial charge in [0.25, 0.3) is 0 Å². The zero-order valence-electron chi connectivity index (χ0n) is 12.5. The lowest BCUT2D eigenvalue weighted by atomic mass is 9.73. The first-order valence-electron chi connectivity index (χ1n) is 7.05. The van der Waals surface area contributed by atoms with Crippen molar-refractivity contribution in [2.24, 2.45) is 5.92 Å². The molecule has 19 heavy (non-hydrogen) atoms. The minimum atomic E-state index is 0.230. The van der Waals surface area contributed by atoms with E-state index in [0.29, 0.717) is 5.92 Å². The van der Waals surface area contributed by atoms with Crippen molar-refractivity contribution >= 4 is 0 Å². The highest BCUT2D eigenvalue weighted by Gasteiger charge is 2.41. The summed E-state index contributed by atoms with van der Waals surface area (Å²) in [4.78, 5) is 0. The van der Waals surface area contributed by atoms with Gasteiger partial charge in [-0.1, -0.05) is 19.4 Å². The van der Waals surface area contributed by atoms with Gasteiger partial charge in [0.05, 0.1) is 14.2 Å². The lowest BCUT2D eigenvalue weighted by Crippen LogP contribution is -2.39. The molecule has 0 saturated heterocycles. The monoisotopic (exact) mass is 263 g/mol. The Morgan fingerprint density at radius 1 is 1.26 bits per heavy atom. The molecule has 1 fully saturated rings. The predicted octanol–water partition coefficient (Wildman–Crippen LogP) is 2.98. The Morgan fingerprint density at radius 2 is 2.00 bits per heavy atom. The summed E-state index contributed by atoms with van der Waals surface area (Å²) in [5.41, 5.74) is 1.60. The Balaban J connectivity index is 2.42. The van der Waals surface area contributed by atoms with E-state index < -0.39 is 0 Å². The smallest absolute Gasteiger partial charge is 0.161 e. The lowest BCUT2D eigenvalue weighted by Gasteiger charge is -2.35. The Labute approximate surface area is 116 Å². The molecule has 3 nitrogen and oxygen atoms in total. The van der Waals surface area contributed by atoms with Crippen LogP contribution in [0.3, 0.4) is 0 Å². The average Bonchev–Trinajstić information content (AvgIpc) is 2.80. The Morgan fingerprint density at radius 3 is 2.53 bits per heavy atom. The number of nitrogens with one attached hydrogen (secondary N) is 1. The summed E-state index contributed by atoms with van der Waals surface area (Å²) < 4.78 is 10.8. The van der Waals surface area contributed by atoms with Crippen molar-refractivity contribution in [3.63, 3.8) is 0 Å². The summed E-state index contributed by atoms with van der Waals surface area (Å²) in [5.74, 6) is 2.32. The van der Waals surface area contributed by atoms with Gasteiger partial charge in [0.2, 0.25) is 0 Å². The van der Waals surface area contributed by atoms with E-state index in [2.05, 4.69) is 24.4 Å². The fraction of sp³-hybridized carbons (Fsp3) is 0.625. The van der Waals surface area contributed by atoms with Gasteiger partial charge in [-0.25, -0.2) is 0 Å². The summed E-state index contributed by atoms with van der Waals surface area (Å²) >= 11 is 0. The summed E-state index contributed by atoms with van der Waals surface area (Å²) in [6, 6.07) is 6.37. The summed E-state index contributed by atoms with van der Waals surface area (Å²) in [5, 5.41) is 3.37. The Hall–Kier alpha value is -1.22. The maximum absolute atomic E-state index is 5.45. The molecule has 1 aliphatic rings. The highest BCUT2D eigenvalue weighted by Crippen LogP contribution is 2.46. The van der Waals surface area contributed by atoms with Crippen LogP contribution in [0.2, 0.25) is 0 Å². The summed E-state index contributed by atoms with van der Waals surface area (Å²) in [6.07, 6.45) is 3.84. The number of ether oxygens (including phenoxy) is 2.